The molecule has 1 heterocycles. The van der Waals surface area contributed by atoms with Crippen LogP contribution in [0.4, 0.5) is 0 Å². The number of nitriles is 1. The van der Waals surface area contributed by atoms with Crippen molar-refractivity contribution in [1.82, 2.24) is 10.2 Å². The van der Waals surface area contributed by atoms with Gasteiger partial charge in [-0.25, -0.2) is 0 Å². The van der Waals surface area contributed by atoms with E-state index in [1.165, 1.54) is 18.4 Å². The largest absolute Gasteiger partial charge is 0.497 e. The molecular formula is C21H23N3O2. The van der Waals surface area contributed by atoms with E-state index in [4.69, 9.17) is 10.00 Å². The van der Waals surface area contributed by atoms with Crippen LogP contribution in [0.3, 0.4) is 0 Å². The maximum absolute atomic E-state index is 12.5. The van der Waals surface area contributed by atoms with E-state index in [2.05, 4.69) is 28.4 Å². The summed E-state index contributed by atoms with van der Waals surface area (Å²) in [6, 6.07) is 17.0. The van der Waals surface area contributed by atoms with Gasteiger partial charge in [-0.2, -0.15) is 5.26 Å². The van der Waals surface area contributed by atoms with Crippen LogP contribution in [0.2, 0.25) is 0 Å². The number of hydrogen-bond donors (Lipinski definition) is 1. The monoisotopic (exact) mass is 349 g/mol. The summed E-state index contributed by atoms with van der Waals surface area (Å²) >= 11 is 0. The minimum absolute atomic E-state index is 0.131. The molecule has 2 aromatic rings. The van der Waals surface area contributed by atoms with Gasteiger partial charge in [-0.15, -0.1) is 0 Å². The van der Waals surface area contributed by atoms with Gasteiger partial charge in [-0.1, -0.05) is 18.2 Å². The summed E-state index contributed by atoms with van der Waals surface area (Å²) in [5.41, 5.74) is 2.17. The van der Waals surface area contributed by atoms with E-state index < -0.39 is 0 Å². The Morgan fingerprint density at radius 3 is 2.62 bits per heavy atom. The number of carbonyl (C=O) groups is 1. The van der Waals surface area contributed by atoms with Crippen molar-refractivity contribution in [2.24, 2.45) is 0 Å². The number of benzene rings is 2. The summed E-state index contributed by atoms with van der Waals surface area (Å²) in [5.74, 6) is 0.672. The van der Waals surface area contributed by atoms with Gasteiger partial charge in [0.1, 0.15) is 5.75 Å². The van der Waals surface area contributed by atoms with Gasteiger partial charge in [0.25, 0.3) is 5.91 Å². The number of amides is 1. The van der Waals surface area contributed by atoms with Crippen LogP contribution in [-0.4, -0.2) is 37.6 Å². The van der Waals surface area contributed by atoms with E-state index in [9.17, 15) is 4.79 Å². The van der Waals surface area contributed by atoms with Gasteiger partial charge in [0, 0.05) is 12.1 Å². The van der Waals surface area contributed by atoms with Crippen LogP contribution in [-0.2, 0) is 0 Å². The van der Waals surface area contributed by atoms with Crippen LogP contribution in [0.25, 0.3) is 0 Å². The first-order valence-electron chi connectivity index (χ1n) is 8.87. The van der Waals surface area contributed by atoms with Crippen molar-refractivity contribution in [3.63, 3.8) is 0 Å². The van der Waals surface area contributed by atoms with Crippen molar-refractivity contribution in [2.75, 3.05) is 26.7 Å². The lowest BCUT2D eigenvalue weighted by atomic mass is 10.0. The maximum atomic E-state index is 12.5. The highest BCUT2D eigenvalue weighted by Gasteiger charge is 2.24. The summed E-state index contributed by atoms with van der Waals surface area (Å²) in [5, 5.41) is 12.0. The molecule has 0 aliphatic carbocycles. The predicted molar refractivity (Wildman–Crippen MR) is 100 cm³/mol. The number of methoxy groups -OCH3 is 1. The van der Waals surface area contributed by atoms with Crippen LogP contribution in [0, 0.1) is 11.3 Å². The fourth-order valence-corrected chi connectivity index (χ4v) is 3.36. The standard InChI is InChI=1S/C21H23N3O2/c1-26-19-9-7-17(8-10-19)20(24-11-2-3-12-24)15-23-21(25)18-6-4-5-16(13-18)14-22/h4-10,13,20H,2-3,11-12,15H2,1H3,(H,23,25)/t20-/m0/s1. The molecule has 1 atom stereocenters. The van der Waals surface area contributed by atoms with E-state index in [1.54, 1.807) is 31.4 Å². The second-order valence-electron chi connectivity index (χ2n) is 6.43. The van der Waals surface area contributed by atoms with Crippen molar-refractivity contribution in [1.29, 1.82) is 5.26 Å². The Bertz CT molecular complexity index is 790. The third kappa shape index (κ3) is 4.22. The Kier molecular flexibility index (Phi) is 5.88. The fourth-order valence-electron chi connectivity index (χ4n) is 3.36. The van der Waals surface area contributed by atoms with Crippen LogP contribution in [0.1, 0.15) is 40.4 Å². The predicted octanol–water partition coefficient (Wildman–Crippen LogP) is 3.13. The zero-order valence-electron chi connectivity index (χ0n) is 14.9. The Labute approximate surface area is 154 Å². The minimum atomic E-state index is -0.153. The molecule has 0 saturated carbocycles. The second kappa shape index (κ2) is 8.50. The van der Waals surface area contributed by atoms with Gasteiger partial charge in [-0.3, -0.25) is 9.69 Å². The van der Waals surface area contributed by atoms with E-state index in [0.717, 1.165) is 18.8 Å². The molecule has 1 amide bonds. The van der Waals surface area contributed by atoms with Crippen molar-refractivity contribution in [2.45, 2.75) is 18.9 Å². The average molecular weight is 349 g/mol. The number of carbonyl (C=O) groups excluding carboxylic acids is 1. The third-order valence-corrected chi connectivity index (χ3v) is 4.79. The van der Waals surface area contributed by atoms with E-state index in [-0.39, 0.29) is 11.9 Å². The topological polar surface area (TPSA) is 65.4 Å². The molecule has 0 unspecified atom stereocenters. The van der Waals surface area contributed by atoms with E-state index >= 15 is 0 Å². The van der Waals surface area contributed by atoms with Gasteiger partial charge in [0.05, 0.1) is 24.8 Å². The molecular weight excluding hydrogens is 326 g/mol. The van der Waals surface area contributed by atoms with Crippen LogP contribution in [0.5, 0.6) is 5.75 Å². The molecule has 0 radical (unpaired) electrons. The van der Waals surface area contributed by atoms with Gasteiger partial charge < -0.3 is 10.1 Å². The van der Waals surface area contributed by atoms with Gasteiger partial charge in [0.2, 0.25) is 0 Å². The van der Waals surface area contributed by atoms with Crippen LogP contribution in [0.15, 0.2) is 48.5 Å². The summed E-state index contributed by atoms with van der Waals surface area (Å²) in [4.78, 5) is 14.9. The van der Waals surface area contributed by atoms with E-state index in [1.807, 2.05) is 12.1 Å². The Hall–Kier alpha value is -2.84. The van der Waals surface area contributed by atoms with Crippen molar-refractivity contribution < 1.29 is 9.53 Å². The summed E-state index contributed by atoms with van der Waals surface area (Å²) in [7, 11) is 1.66. The lowest BCUT2D eigenvalue weighted by Gasteiger charge is -2.28. The first kappa shape index (κ1) is 18.0. The Morgan fingerprint density at radius 2 is 1.96 bits per heavy atom. The van der Waals surface area contributed by atoms with Gasteiger partial charge in [-0.05, 0) is 61.8 Å². The molecule has 1 saturated heterocycles. The number of rotatable bonds is 6. The normalized spacial score (nSPS) is 15.2. The fraction of sp³-hybridized carbons (Fsp3) is 0.333. The molecule has 134 valence electrons. The van der Waals surface area contributed by atoms with Crippen molar-refractivity contribution in [3.05, 3.63) is 65.2 Å². The first-order valence-corrected chi connectivity index (χ1v) is 8.87. The SMILES string of the molecule is COc1ccc([C@H](CNC(=O)c2cccc(C#N)c2)N2CCCC2)cc1. The molecule has 1 aliphatic heterocycles. The molecule has 26 heavy (non-hydrogen) atoms. The molecule has 1 fully saturated rings. The second-order valence-corrected chi connectivity index (χ2v) is 6.43. The molecule has 1 N–H and O–H groups in total. The molecule has 0 spiro atoms. The molecule has 0 aromatic heterocycles. The van der Waals surface area contributed by atoms with Crippen LogP contribution >= 0.6 is 0 Å². The number of nitrogens with zero attached hydrogens (tertiary/aromatic N) is 2. The smallest absolute Gasteiger partial charge is 0.251 e. The van der Waals surface area contributed by atoms with Crippen LogP contribution < -0.4 is 10.1 Å². The third-order valence-electron chi connectivity index (χ3n) is 4.79. The van der Waals surface area contributed by atoms with Gasteiger partial charge >= 0.3 is 0 Å². The van der Waals surface area contributed by atoms with E-state index in [0.29, 0.717) is 17.7 Å². The highest BCUT2D eigenvalue weighted by atomic mass is 16.5. The zero-order chi connectivity index (χ0) is 18.4. The zero-order valence-corrected chi connectivity index (χ0v) is 14.9. The number of hydrogen-bond acceptors (Lipinski definition) is 4. The first-order chi connectivity index (χ1) is 12.7. The lowest BCUT2D eigenvalue weighted by Crippen LogP contribution is -2.36. The molecule has 2 aromatic carbocycles. The summed E-state index contributed by atoms with van der Waals surface area (Å²) in [6.45, 7) is 2.61. The van der Waals surface area contributed by atoms with Gasteiger partial charge in [0.15, 0.2) is 0 Å². The Balaban J connectivity index is 1.73. The molecule has 0 bridgehead atoms. The van der Waals surface area contributed by atoms with Crippen molar-refractivity contribution >= 4 is 5.91 Å². The number of nitrogens with one attached hydrogen (secondary N) is 1. The number of likely N-dealkylation sites (tertiary alicyclic amines) is 1. The molecule has 5 heteroatoms. The molecule has 1 aliphatic rings. The number of ether oxygens (including phenoxy) is 1. The quantitative estimate of drug-likeness (QED) is 0.870. The molecule has 3 rings (SSSR count). The maximum Gasteiger partial charge on any atom is 0.251 e. The molecule has 5 nitrogen and oxygen atoms in total. The summed E-state index contributed by atoms with van der Waals surface area (Å²) in [6.07, 6.45) is 2.37. The highest BCUT2D eigenvalue weighted by Crippen LogP contribution is 2.26. The minimum Gasteiger partial charge on any atom is -0.497 e. The summed E-state index contributed by atoms with van der Waals surface area (Å²) < 4.78 is 5.24. The Morgan fingerprint density at radius 1 is 1.23 bits per heavy atom. The highest BCUT2D eigenvalue weighted by molar-refractivity contribution is 5.94. The average Bonchev–Trinajstić information content (AvgIpc) is 3.23. The lowest BCUT2D eigenvalue weighted by molar-refractivity contribution is 0.0938. The van der Waals surface area contributed by atoms with Crippen molar-refractivity contribution in [3.8, 4) is 11.8 Å².